The molecule has 0 unspecified atom stereocenters. The highest BCUT2D eigenvalue weighted by Crippen LogP contribution is 2.32. The van der Waals surface area contributed by atoms with E-state index in [1.54, 1.807) is 6.07 Å². The first-order valence-electron chi connectivity index (χ1n) is 7.51. The van der Waals surface area contributed by atoms with Gasteiger partial charge in [0.15, 0.2) is 5.82 Å². The molecule has 0 bridgehead atoms. The van der Waals surface area contributed by atoms with E-state index in [4.69, 9.17) is 34.8 Å². The van der Waals surface area contributed by atoms with E-state index in [1.807, 2.05) is 0 Å². The Balaban J connectivity index is 1.62. The van der Waals surface area contributed by atoms with Crippen molar-refractivity contribution in [3.8, 4) is 0 Å². The third kappa shape index (κ3) is 4.17. The lowest BCUT2D eigenvalue weighted by atomic mass is 9.83. The van der Waals surface area contributed by atoms with Gasteiger partial charge in [-0.05, 0) is 43.2 Å². The number of pyridine rings is 1. The van der Waals surface area contributed by atoms with Crippen molar-refractivity contribution in [2.45, 2.75) is 31.6 Å². The van der Waals surface area contributed by atoms with Gasteiger partial charge in [0.1, 0.15) is 5.15 Å². The predicted octanol–water partition coefficient (Wildman–Crippen LogP) is 6.17. The van der Waals surface area contributed by atoms with Crippen LogP contribution in [0.5, 0.6) is 0 Å². The Kier molecular flexibility index (Phi) is 5.42. The molecular weight excluding hydrogens is 353 g/mol. The standard InChI is InChI=1S/C17H16Cl3N3/c18-14-10-15(19)17(21-16(14)20)23-22-13-8-6-12(7-9-13)11-4-2-1-3-5-11/h1-5,10,12H,6-9H2,(H,21,23). The molecule has 0 radical (unpaired) electrons. The lowest BCUT2D eigenvalue weighted by molar-refractivity contribution is 0.566. The average Bonchev–Trinajstić information content (AvgIpc) is 2.58. The van der Waals surface area contributed by atoms with E-state index in [2.05, 4.69) is 45.8 Å². The van der Waals surface area contributed by atoms with Crippen molar-refractivity contribution in [2.75, 3.05) is 5.43 Å². The summed E-state index contributed by atoms with van der Waals surface area (Å²) in [5, 5.41) is 5.38. The van der Waals surface area contributed by atoms with Gasteiger partial charge in [-0.15, -0.1) is 0 Å². The van der Waals surface area contributed by atoms with Crippen LogP contribution in [-0.4, -0.2) is 10.7 Å². The van der Waals surface area contributed by atoms with Gasteiger partial charge in [-0.3, -0.25) is 5.43 Å². The molecule has 1 fully saturated rings. The maximum Gasteiger partial charge on any atom is 0.166 e. The Labute approximate surface area is 150 Å². The van der Waals surface area contributed by atoms with E-state index in [0.29, 0.717) is 21.8 Å². The Morgan fingerprint density at radius 1 is 1.00 bits per heavy atom. The second kappa shape index (κ2) is 7.52. The van der Waals surface area contributed by atoms with Crippen molar-refractivity contribution in [1.82, 2.24) is 4.98 Å². The van der Waals surface area contributed by atoms with Gasteiger partial charge in [0.05, 0.1) is 10.0 Å². The molecule has 1 aliphatic rings. The summed E-state index contributed by atoms with van der Waals surface area (Å²) in [6.07, 6.45) is 4.14. The number of nitrogens with zero attached hydrogens (tertiary/aromatic N) is 2. The van der Waals surface area contributed by atoms with Crippen LogP contribution in [0.3, 0.4) is 0 Å². The minimum atomic E-state index is 0.214. The zero-order valence-corrected chi connectivity index (χ0v) is 14.7. The van der Waals surface area contributed by atoms with Gasteiger partial charge in [-0.1, -0.05) is 65.1 Å². The summed E-state index contributed by atoms with van der Waals surface area (Å²) in [5.74, 6) is 1.04. The maximum atomic E-state index is 6.09. The molecule has 0 aliphatic heterocycles. The number of hydrogen-bond acceptors (Lipinski definition) is 3. The first kappa shape index (κ1) is 16.6. The summed E-state index contributed by atoms with van der Waals surface area (Å²) < 4.78 is 0. The third-order valence-corrected chi connectivity index (χ3v) is 5.00. The molecule has 1 saturated carbocycles. The van der Waals surface area contributed by atoms with Crippen LogP contribution in [0.15, 0.2) is 41.5 Å². The van der Waals surface area contributed by atoms with Crippen LogP contribution in [0.25, 0.3) is 0 Å². The SMILES string of the molecule is Clc1cc(Cl)c(NN=C2CCC(c3ccccc3)CC2)nc1Cl. The maximum absolute atomic E-state index is 6.09. The number of hydrazone groups is 1. The zero-order chi connectivity index (χ0) is 16.2. The Bertz CT molecular complexity index is 707. The van der Waals surface area contributed by atoms with Crippen LogP contribution < -0.4 is 5.43 Å². The number of nitrogens with one attached hydrogen (secondary N) is 1. The second-order valence-electron chi connectivity index (χ2n) is 5.57. The van der Waals surface area contributed by atoms with Crippen molar-refractivity contribution in [1.29, 1.82) is 0 Å². The van der Waals surface area contributed by atoms with Gasteiger partial charge in [0.25, 0.3) is 0 Å². The number of anilines is 1. The number of rotatable bonds is 3. The van der Waals surface area contributed by atoms with Crippen LogP contribution in [0.1, 0.15) is 37.2 Å². The molecule has 3 nitrogen and oxygen atoms in total. The number of hydrogen-bond donors (Lipinski definition) is 1. The van der Waals surface area contributed by atoms with Crippen molar-refractivity contribution in [2.24, 2.45) is 5.10 Å². The molecule has 6 heteroatoms. The van der Waals surface area contributed by atoms with Gasteiger partial charge < -0.3 is 0 Å². The highest BCUT2D eigenvalue weighted by Gasteiger charge is 2.19. The van der Waals surface area contributed by atoms with Gasteiger partial charge in [0.2, 0.25) is 0 Å². The molecule has 0 amide bonds. The van der Waals surface area contributed by atoms with E-state index in [1.165, 1.54) is 5.56 Å². The molecule has 0 spiro atoms. The molecule has 1 N–H and O–H groups in total. The lowest BCUT2D eigenvalue weighted by Gasteiger charge is -2.23. The molecule has 23 heavy (non-hydrogen) atoms. The van der Waals surface area contributed by atoms with Gasteiger partial charge in [0, 0.05) is 5.71 Å². The Morgan fingerprint density at radius 3 is 2.39 bits per heavy atom. The van der Waals surface area contributed by atoms with Crippen molar-refractivity contribution < 1.29 is 0 Å². The lowest BCUT2D eigenvalue weighted by Crippen LogP contribution is -2.14. The molecule has 0 saturated heterocycles. The molecule has 120 valence electrons. The molecule has 2 aromatic rings. The fourth-order valence-corrected chi connectivity index (χ4v) is 3.32. The minimum absolute atomic E-state index is 0.214. The van der Waals surface area contributed by atoms with Gasteiger partial charge in [-0.2, -0.15) is 5.10 Å². The largest absolute Gasteiger partial charge is 0.260 e. The second-order valence-corrected chi connectivity index (χ2v) is 6.74. The molecule has 1 heterocycles. The van der Waals surface area contributed by atoms with Crippen LogP contribution in [0.2, 0.25) is 15.2 Å². The molecule has 1 aliphatic carbocycles. The smallest absolute Gasteiger partial charge is 0.166 e. The van der Waals surface area contributed by atoms with Crippen molar-refractivity contribution in [3.63, 3.8) is 0 Å². The first-order chi connectivity index (χ1) is 11.1. The van der Waals surface area contributed by atoms with Crippen LogP contribution in [-0.2, 0) is 0 Å². The fraction of sp³-hybridized carbons (Fsp3) is 0.294. The summed E-state index contributed by atoms with van der Waals surface area (Å²) in [6, 6.07) is 12.2. The van der Waals surface area contributed by atoms with E-state index in [0.717, 1.165) is 31.4 Å². The summed E-state index contributed by atoms with van der Waals surface area (Å²) in [7, 11) is 0. The van der Waals surface area contributed by atoms with Crippen LogP contribution in [0, 0.1) is 0 Å². The normalized spacial score (nSPS) is 17.9. The van der Waals surface area contributed by atoms with Crippen molar-refractivity contribution in [3.05, 3.63) is 57.2 Å². The summed E-state index contributed by atoms with van der Waals surface area (Å²) in [5.41, 5.74) is 5.44. The van der Waals surface area contributed by atoms with E-state index >= 15 is 0 Å². The predicted molar refractivity (Wildman–Crippen MR) is 98.0 cm³/mol. The minimum Gasteiger partial charge on any atom is -0.260 e. The number of halogens is 3. The highest BCUT2D eigenvalue weighted by molar-refractivity contribution is 6.42. The monoisotopic (exact) mass is 367 g/mol. The Morgan fingerprint density at radius 2 is 1.70 bits per heavy atom. The molecule has 0 atom stereocenters. The number of aromatic nitrogens is 1. The van der Waals surface area contributed by atoms with Crippen LogP contribution >= 0.6 is 34.8 Å². The first-order valence-corrected chi connectivity index (χ1v) is 8.65. The summed E-state index contributed by atoms with van der Waals surface area (Å²) in [6.45, 7) is 0. The average molecular weight is 369 g/mol. The van der Waals surface area contributed by atoms with Crippen molar-refractivity contribution >= 4 is 46.3 Å². The quantitative estimate of drug-likeness (QED) is 0.519. The van der Waals surface area contributed by atoms with E-state index in [-0.39, 0.29) is 5.15 Å². The fourth-order valence-electron chi connectivity index (χ4n) is 2.78. The van der Waals surface area contributed by atoms with E-state index < -0.39 is 0 Å². The molecular formula is C17H16Cl3N3. The van der Waals surface area contributed by atoms with E-state index in [9.17, 15) is 0 Å². The topological polar surface area (TPSA) is 37.3 Å². The van der Waals surface area contributed by atoms with Gasteiger partial charge >= 0.3 is 0 Å². The molecule has 1 aromatic carbocycles. The zero-order valence-electron chi connectivity index (χ0n) is 12.4. The number of benzene rings is 1. The summed E-state index contributed by atoms with van der Waals surface area (Å²) >= 11 is 17.9. The summed E-state index contributed by atoms with van der Waals surface area (Å²) in [4.78, 5) is 4.10. The molecule has 1 aromatic heterocycles. The van der Waals surface area contributed by atoms with Crippen LogP contribution in [0.4, 0.5) is 5.82 Å². The van der Waals surface area contributed by atoms with Gasteiger partial charge in [-0.25, -0.2) is 4.98 Å². The third-order valence-electron chi connectivity index (χ3n) is 4.04. The molecule has 3 rings (SSSR count). The highest BCUT2D eigenvalue weighted by atomic mass is 35.5. The Hall–Kier alpha value is -1.29.